The van der Waals surface area contributed by atoms with Crippen LogP contribution in [0.2, 0.25) is 0 Å². The van der Waals surface area contributed by atoms with E-state index in [-0.39, 0.29) is 12.4 Å². The molecule has 2 heterocycles. The van der Waals surface area contributed by atoms with Gasteiger partial charge in [-0.25, -0.2) is 18.5 Å². The van der Waals surface area contributed by atoms with Crippen molar-refractivity contribution in [2.75, 3.05) is 12.4 Å². The summed E-state index contributed by atoms with van der Waals surface area (Å²) in [4.78, 5) is 4.01. The number of ether oxygens (including phenoxy) is 1. The molecule has 1 aliphatic rings. The summed E-state index contributed by atoms with van der Waals surface area (Å²) < 4.78 is 30.2. The van der Waals surface area contributed by atoms with Gasteiger partial charge < -0.3 is 4.74 Å². The first-order valence-electron chi connectivity index (χ1n) is 7.26. The standard InChI is InChI=1S/C13H19N5O3S/c14-22(19,20)9-13(6-2-1-3-7-13)8-21-12-5-4-11-15-10-16-18(11)17-12/h4-5,10H,1-3,6-9H2,(H2,14,19,20). The van der Waals surface area contributed by atoms with E-state index in [9.17, 15) is 8.42 Å². The first kappa shape index (κ1) is 15.2. The minimum Gasteiger partial charge on any atom is -0.476 e. The predicted octanol–water partition coefficient (Wildman–Crippen LogP) is 0.742. The molecular formula is C13H19N5O3S. The lowest BCUT2D eigenvalue weighted by Gasteiger charge is -2.35. The topological polar surface area (TPSA) is 112 Å². The predicted molar refractivity (Wildman–Crippen MR) is 79.8 cm³/mol. The summed E-state index contributed by atoms with van der Waals surface area (Å²) >= 11 is 0. The lowest BCUT2D eigenvalue weighted by atomic mass is 9.76. The van der Waals surface area contributed by atoms with Gasteiger partial charge in [-0.3, -0.25) is 0 Å². The number of nitrogens with zero attached hydrogens (tertiary/aromatic N) is 4. The summed E-state index contributed by atoms with van der Waals surface area (Å²) in [5.74, 6) is 0.350. The van der Waals surface area contributed by atoms with Gasteiger partial charge in [0, 0.05) is 11.5 Å². The van der Waals surface area contributed by atoms with E-state index in [4.69, 9.17) is 9.88 Å². The van der Waals surface area contributed by atoms with E-state index >= 15 is 0 Å². The minimum atomic E-state index is -3.54. The van der Waals surface area contributed by atoms with Crippen LogP contribution in [-0.2, 0) is 10.0 Å². The first-order valence-corrected chi connectivity index (χ1v) is 8.98. The van der Waals surface area contributed by atoms with Gasteiger partial charge in [0.05, 0.1) is 12.4 Å². The molecule has 2 N–H and O–H groups in total. The molecule has 0 spiro atoms. The molecule has 8 nitrogen and oxygen atoms in total. The maximum absolute atomic E-state index is 11.5. The van der Waals surface area contributed by atoms with E-state index in [0.29, 0.717) is 11.5 Å². The van der Waals surface area contributed by atoms with E-state index in [0.717, 1.165) is 32.1 Å². The highest BCUT2D eigenvalue weighted by atomic mass is 32.2. The van der Waals surface area contributed by atoms with Crippen LogP contribution in [0.4, 0.5) is 0 Å². The van der Waals surface area contributed by atoms with E-state index in [2.05, 4.69) is 15.2 Å². The number of hydrogen-bond acceptors (Lipinski definition) is 6. The molecule has 1 saturated carbocycles. The Kier molecular flexibility index (Phi) is 4.00. The summed E-state index contributed by atoms with van der Waals surface area (Å²) in [6, 6.07) is 3.46. The highest BCUT2D eigenvalue weighted by Gasteiger charge is 2.36. The van der Waals surface area contributed by atoms with Crippen LogP contribution < -0.4 is 9.88 Å². The van der Waals surface area contributed by atoms with E-state index < -0.39 is 15.4 Å². The molecule has 0 aromatic carbocycles. The maximum atomic E-state index is 11.5. The van der Waals surface area contributed by atoms with E-state index in [1.54, 1.807) is 12.1 Å². The monoisotopic (exact) mass is 325 g/mol. The molecule has 120 valence electrons. The van der Waals surface area contributed by atoms with E-state index in [1.807, 2.05) is 0 Å². The number of sulfonamides is 1. The van der Waals surface area contributed by atoms with Crippen LogP contribution in [0.3, 0.4) is 0 Å². The van der Waals surface area contributed by atoms with Crippen LogP contribution in [0, 0.1) is 5.41 Å². The highest BCUT2D eigenvalue weighted by Crippen LogP contribution is 2.37. The van der Waals surface area contributed by atoms with Gasteiger partial charge in [-0.05, 0) is 18.9 Å². The molecule has 9 heteroatoms. The van der Waals surface area contributed by atoms with Gasteiger partial charge in [-0.2, -0.15) is 0 Å². The fourth-order valence-electron chi connectivity index (χ4n) is 3.07. The summed E-state index contributed by atoms with van der Waals surface area (Å²) in [7, 11) is -3.54. The number of rotatable bonds is 5. The normalized spacial score (nSPS) is 18.4. The molecule has 0 aliphatic heterocycles. The van der Waals surface area contributed by atoms with Crippen molar-refractivity contribution in [3.63, 3.8) is 0 Å². The third-order valence-electron chi connectivity index (χ3n) is 4.07. The Morgan fingerprint density at radius 2 is 2.05 bits per heavy atom. The van der Waals surface area contributed by atoms with Crippen molar-refractivity contribution < 1.29 is 13.2 Å². The van der Waals surface area contributed by atoms with Crippen molar-refractivity contribution in [1.29, 1.82) is 0 Å². The summed E-state index contributed by atoms with van der Waals surface area (Å²) in [6.45, 7) is 0.288. The minimum absolute atomic E-state index is 0.0500. The Balaban J connectivity index is 1.75. The quantitative estimate of drug-likeness (QED) is 0.867. The van der Waals surface area contributed by atoms with Gasteiger partial charge in [0.2, 0.25) is 15.9 Å². The molecule has 0 radical (unpaired) electrons. The molecule has 1 aliphatic carbocycles. The van der Waals surface area contributed by atoms with Crippen molar-refractivity contribution in [2.24, 2.45) is 10.6 Å². The first-order chi connectivity index (χ1) is 10.5. The van der Waals surface area contributed by atoms with Crippen molar-refractivity contribution in [1.82, 2.24) is 19.8 Å². The Hall–Kier alpha value is -1.74. The molecule has 22 heavy (non-hydrogen) atoms. The zero-order chi connectivity index (χ0) is 15.6. The average molecular weight is 325 g/mol. The average Bonchev–Trinajstić information content (AvgIpc) is 2.92. The highest BCUT2D eigenvalue weighted by molar-refractivity contribution is 7.89. The van der Waals surface area contributed by atoms with Gasteiger partial charge in [0.15, 0.2) is 5.65 Å². The van der Waals surface area contributed by atoms with Crippen molar-refractivity contribution >= 4 is 15.7 Å². The Labute approximate surface area is 128 Å². The Morgan fingerprint density at radius 3 is 2.77 bits per heavy atom. The molecule has 0 saturated heterocycles. The zero-order valence-electron chi connectivity index (χ0n) is 12.2. The van der Waals surface area contributed by atoms with E-state index in [1.165, 1.54) is 11.0 Å². The lowest BCUT2D eigenvalue weighted by molar-refractivity contribution is 0.114. The second-order valence-corrected chi connectivity index (χ2v) is 7.55. The van der Waals surface area contributed by atoms with Crippen LogP contribution in [-0.4, -0.2) is 40.6 Å². The largest absolute Gasteiger partial charge is 0.476 e. The Morgan fingerprint density at radius 1 is 1.27 bits per heavy atom. The van der Waals surface area contributed by atoms with Gasteiger partial charge >= 0.3 is 0 Å². The second-order valence-electron chi connectivity index (χ2n) is 5.94. The number of fused-ring (bicyclic) bond motifs is 1. The Bertz CT molecular complexity index is 752. The fourth-order valence-corrected chi connectivity index (χ4v) is 4.29. The van der Waals surface area contributed by atoms with Gasteiger partial charge in [-0.15, -0.1) is 14.8 Å². The molecule has 1 fully saturated rings. The number of nitrogens with two attached hydrogens (primary N) is 1. The molecule has 2 aromatic heterocycles. The fraction of sp³-hybridized carbons (Fsp3) is 0.615. The van der Waals surface area contributed by atoms with Crippen LogP contribution in [0.15, 0.2) is 18.5 Å². The molecular weight excluding hydrogens is 306 g/mol. The van der Waals surface area contributed by atoms with Gasteiger partial charge in [0.1, 0.15) is 6.33 Å². The van der Waals surface area contributed by atoms with Crippen LogP contribution in [0.25, 0.3) is 5.65 Å². The van der Waals surface area contributed by atoms with Crippen molar-refractivity contribution in [3.05, 3.63) is 18.5 Å². The molecule has 0 atom stereocenters. The van der Waals surface area contributed by atoms with Crippen molar-refractivity contribution in [3.8, 4) is 5.88 Å². The third kappa shape index (κ3) is 3.53. The summed E-state index contributed by atoms with van der Waals surface area (Å²) in [5, 5.41) is 13.4. The summed E-state index contributed by atoms with van der Waals surface area (Å²) in [5.41, 5.74) is 0.203. The van der Waals surface area contributed by atoms with Crippen LogP contribution in [0.1, 0.15) is 32.1 Å². The van der Waals surface area contributed by atoms with Crippen LogP contribution >= 0.6 is 0 Å². The third-order valence-corrected chi connectivity index (χ3v) is 5.09. The molecule has 0 amide bonds. The second kappa shape index (κ2) is 5.81. The molecule has 0 unspecified atom stereocenters. The molecule has 0 bridgehead atoms. The molecule has 3 rings (SSSR count). The van der Waals surface area contributed by atoms with Crippen LogP contribution in [0.5, 0.6) is 5.88 Å². The lowest BCUT2D eigenvalue weighted by Crippen LogP contribution is -2.40. The SMILES string of the molecule is NS(=O)(=O)CC1(COc2ccc3ncnn3n2)CCCCC1. The van der Waals surface area contributed by atoms with Gasteiger partial charge in [0.25, 0.3) is 0 Å². The number of primary sulfonamides is 1. The maximum Gasteiger partial charge on any atom is 0.233 e. The van der Waals surface area contributed by atoms with Gasteiger partial charge in [-0.1, -0.05) is 19.3 Å². The number of hydrogen-bond donors (Lipinski definition) is 1. The zero-order valence-corrected chi connectivity index (χ0v) is 13.0. The smallest absolute Gasteiger partial charge is 0.233 e. The number of aromatic nitrogens is 4. The van der Waals surface area contributed by atoms with Crippen molar-refractivity contribution in [2.45, 2.75) is 32.1 Å². The molecule has 2 aromatic rings. The summed E-state index contributed by atoms with van der Waals surface area (Å²) in [6.07, 6.45) is 6.12.